The molecule has 1 aromatic heterocycles. The quantitative estimate of drug-likeness (QED) is 0.759. The van der Waals surface area contributed by atoms with E-state index < -0.39 is 0 Å². The van der Waals surface area contributed by atoms with Crippen molar-refractivity contribution in [1.29, 1.82) is 0 Å². The number of aromatic nitrogens is 1. The largest absolute Gasteiger partial charge is 0.295 e. The molecule has 2 nitrogen and oxygen atoms in total. The van der Waals surface area contributed by atoms with Crippen LogP contribution in [-0.2, 0) is 6.42 Å². The Morgan fingerprint density at radius 3 is 2.81 bits per heavy atom. The Labute approximate surface area is 98.7 Å². The molecule has 2 rings (SSSR count). The fourth-order valence-electron chi connectivity index (χ4n) is 2.69. The van der Waals surface area contributed by atoms with Crippen LogP contribution in [0.3, 0.4) is 0 Å². The predicted octanol–water partition coefficient (Wildman–Crippen LogP) is 2.89. The Balaban J connectivity index is 2.05. The minimum atomic E-state index is 0.288. The van der Waals surface area contributed by atoms with Gasteiger partial charge >= 0.3 is 0 Å². The molecular weight excluding hydrogens is 196 g/mol. The number of rotatable bonds is 2. The van der Waals surface area contributed by atoms with Crippen molar-refractivity contribution in [2.24, 2.45) is 0 Å². The molecule has 0 bridgehead atoms. The standard InChI is InChI=1S/C14H22N2/c1-14(2,3)16-10-6-8-13(16)11-12-7-4-5-9-15-12/h4-5,7,9,13H,6,8,10-11H2,1-3H3. The highest BCUT2D eigenvalue weighted by molar-refractivity contribution is 5.06. The van der Waals surface area contributed by atoms with Crippen LogP contribution < -0.4 is 0 Å². The molecule has 0 radical (unpaired) electrons. The first-order chi connectivity index (χ1) is 7.57. The van der Waals surface area contributed by atoms with Crippen molar-refractivity contribution in [3.8, 4) is 0 Å². The lowest BCUT2D eigenvalue weighted by atomic mass is 10.0. The number of pyridine rings is 1. The van der Waals surface area contributed by atoms with Gasteiger partial charge in [0.05, 0.1) is 0 Å². The van der Waals surface area contributed by atoms with Gasteiger partial charge in [-0.25, -0.2) is 0 Å². The van der Waals surface area contributed by atoms with Gasteiger partial charge in [-0.1, -0.05) is 6.07 Å². The summed E-state index contributed by atoms with van der Waals surface area (Å²) in [7, 11) is 0. The summed E-state index contributed by atoms with van der Waals surface area (Å²) in [5.41, 5.74) is 1.51. The van der Waals surface area contributed by atoms with Crippen LogP contribution in [0.25, 0.3) is 0 Å². The summed E-state index contributed by atoms with van der Waals surface area (Å²) in [6.45, 7) is 8.16. The molecule has 1 aliphatic rings. The molecule has 0 amide bonds. The Morgan fingerprint density at radius 2 is 2.19 bits per heavy atom. The maximum atomic E-state index is 4.43. The zero-order valence-electron chi connectivity index (χ0n) is 10.6. The van der Waals surface area contributed by atoms with Crippen LogP contribution in [0.5, 0.6) is 0 Å². The van der Waals surface area contributed by atoms with Gasteiger partial charge in [0, 0.05) is 29.9 Å². The lowest BCUT2D eigenvalue weighted by Crippen LogP contribution is -2.45. The van der Waals surface area contributed by atoms with Crippen molar-refractivity contribution in [1.82, 2.24) is 9.88 Å². The summed E-state index contributed by atoms with van der Waals surface area (Å²) in [6, 6.07) is 6.88. The normalized spacial score (nSPS) is 22.6. The summed E-state index contributed by atoms with van der Waals surface area (Å²) in [5, 5.41) is 0. The van der Waals surface area contributed by atoms with Gasteiger partial charge in [0.15, 0.2) is 0 Å². The first kappa shape index (κ1) is 11.6. The molecule has 1 saturated heterocycles. The van der Waals surface area contributed by atoms with Gasteiger partial charge < -0.3 is 0 Å². The maximum absolute atomic E-state index is 4.43. The van der Waals surface area contributed by atoms with Gasteiger partial charge in [-0.3, -0.25) is 9.88 Å². The van der Waals surface area contributed by atoms with E-state index in [2.05, 4.69) is 42.8 Å². The number of hydrogen-bond donors (Lipinski definition) is 0. The smallest absolute Gasteiger partial charge is 0.0419 e. The highest BCUT2D eigenvalue weighted by atomic mass is 15.2. The van der Waals surface area contributed by atoms with Gasteiger partial charge in [-0.2, -0.15) is 0 Å². The molecule has 2 heteroatoms. The third kappa shape index (κ3) is 2.62. The van der Waals surface area contributed by atoms with Crippen LogP contribution in [0.1, 0.15) is 39.3 Å². The van der Waals surface area contributed by atoms with Crippen LogP contribution >= 0.6 is 0 Å². The monoisotopic (exact) mass is 218 g/mol. The Hall–Kier alpha value is -0.890. The van der Waals surface area contributed by atoms with E-state index in [1.807, 2.05) is 12.3 Å². The second-order valence-corrected chi connectivity index (χ2v) is 5.69. The molecule has 1 atom stereocenters. The highest BCUT2D eigenvalue weighted by Gasteiger charge is 2.32. The van der Waals surface area contributed by atoms with Crippen LogP contribution in [0.2, 0.25) is 0 Å². The third-order valence-corrected chi connectivity index (χ3v) is 3.41. The van der Waals surface area contributed by atoms with Crippen molar-refractivity contribution in [2.75, 3.05) is 6.54 Å². The van der Waals surface area contributed by atoms with Crippen molar-refractivity contribution >= 4 is 0 Å². The maximum Gasteiger partial charge on any atom is 0.0419 e. The minimum absolute atomic E-state index is 0.288. The summed E-state index contributed by atoms with van der Waals surface area (Å²) in [4.78, 5) is 7.06. The van der Waals surface area contributed by atoms with Gasteiger partial charge in [0.2, 0.25) is 0 Å². The van der Waals surface area contributed by atoms with E-state index in [1.54, 1.807) is 0 Å². The molecule has 0 saturated carbocycles. The van der Waals surface area contributed by atoms with E-state index >= 15 is 0 Å². The minimum Gasteiger partial charge on any atom is -0.295 e. The fourth-order valence-corrected chi connectivity index (χ4v) is 2.69. The molecule has 16 heavy (non-hydrogen) atoms. The van der Waals surface area contributed by atoms with E-state index in [0.717, 1.165) is 6.42 Å². The lowest BCUT2D eigenvalue weighted by Gasteiger charge is -2.37. The molecule has 1 unspecified atom stereocenters. The van der Waals surface area contributed by atoms with Crippen LogP contribution in [0.4, 0.5) is 0 Å². The van der Waals surface area contributed by atoms with Gasteiger partial charge in [0.1, 0.15) is 0 Å². The van der Waals surface area contributed by atoms with Crippen LogP contribution in [0.15, 0.2) is 24.4 Å². The molecule has 0 aliphatic carbocycles. The Kier molecular flexibility index (Phi) is 3.29. The summed E-state index contributed by atoms with van der Waals surface area (Å²) >= 11 is 0. The average Bonchev–Trinajstić information content (AvgIpc) is 2.67. The van der Waals surface area contributed by atoms with Crippen molar-refractivity contribution < 1.29 is 0 Å². The van der Waals surface area contributed by atoms with E-state index in [-0.39, 0.29) is 5.54 Å². The molecule has 0 N–H and O–H groups in total. The highest BCUT2D eigenvalue weighted by Crippen LogP contribution is 2.28. The third-order valence-electron chi connectivity index (χ3n) is 3.41. The Bertz CT molecular complexity index is 326. The summed E-state index contributed by atoms with van der Waals surface area (Å²) in [5.74, 6) is 0. The first-order valence-electron chi connectivity index (χ1n) is 6.24. The fraction of sp³-hybridized carbons (Fsp3) is 0.643. The second kappa shape index (κ2) is 4.54. The van der Waals surface area contributed by atoms with E-state index in [0.29, 0.717) is 6.04 Å². The van der Waals surface area contributed by atoms with Crippen molar-refractivity contribution in [3.05, 3.63) is 30.1 Å². The predicted molar refractivity (Wildman–Crippen MR) is 67.4 cm³/mol. The van der Waals surface area contributed by atoms with Crippen molar-refractivity contribution in [2.45, 2.75) is 51.6 Å². The van der Waals surface area contributed by atoms with Crippen LogP contribution in [0, 0.1) is 0 Å². The van der Waals surface area contributed by atoms with Gasteiger partial charge in [-0.15, -0.1) is 0 Å². The zero-order valence-corrected chi connectivity index (χ0v) is 10.6. The zero-order chi connectivity index (χ0) is 11.6. The number of hydrogen-bond acceptors (Lipinski definition) is 2. The number of nitrogens with zero attached hydrogens (tertiary/aromatic N) is 2. The summed E-state index contributed by atoms with van der Waals surface area (Å²) in [6.07, 6.45) is 5.63. The molecule has 0 aromatic carbocycles. The van der Waals surface area contributed by atoms with E-state index in [9.17, 15) is 0 Å². The SMILES string of the molecule is CC(C)(C)N1CCCC1Cc1ccccn1. The molecule has 1 aliphatic heterocycles. The molecule has 2 heterocycles. The van der Waals surface area contributed by atoms with E-state index in [4.69, 9.17) is 0 Å². The first-order valence-corrected chi connectivity index (χ1v) is 6.24. The number of likely N-dealkylation sites (tertiary alicyclic amines) is 1. The van der Waals surface area contributed by atoms with Crippen molar-refractivity contribution in [3.63, 3.8) is 0 Å². The molecule has 0 spiro atoms. The molecule has 1 aromatic rings. The van der Waals surface area contributed by atoms with Gasteiger partial charge in [-0.05, 0) is 52.3 Å². The summed E-state index contributed by atoms with van der Waals surface area (Å²) < 4.78 is 0. The molecular formula is C14H22N2. The molecule has 88 valence electrons. The van der Waals surface area contributed by atoms with E-state index in [1.165, 1.54) is 25.1 Å². The topological polar surface area (TPSA) is 16.1 Å². The Morgan fingerprint density at radius 1 is 1.38 bits per heavy atom. The second-order valence-electron chi connectivity index (χ2n) is 5.69. The average molecular weight is 218 g/mol. The van der Waals surface area contributed by atoms with Crippen LogP contribution in [-0.4, -0.2) is 28.0 Å². The van der Waals surface area contributed by atoms with Gasteiger partial charge in [0.25, 0.3) is 0 Å². The molecule has 1 fully saturated rings. The lowest BCUT2D eigenvalue weighted by molar-refractivity contribution is 0.120.